The van der Waals surface area contributed by atoms with Gasteiger partial charge in [-0.2, -0.15) is 0 Å². The standard InChI is InChI=1S/C21H20N2O3S2/c1-23(28(25,26)20-14-12-19(27-2)13-15-20)18-10-8-16(9-11-18)21(24)22-17-6-4-3-5-7-17/h3-15H,1-2H3,(H,22,24). The molecule has 0 aliphatic carbocycles. The molecule has 0 aliphatic heterocycles. The Balaban J connectivity index is 1.77. The van der Waals surface area contributed by atoms with Gasteiger partial charge in [-0.05, 0) is 66.9 Å². The highest BCUT2D eigenvalue weighted by atomic mass is 32.2. The molecule has 3 aromatic rings. The van der Waals surface area contributed by atoms with Gasteiger partial charge in [-0.1, -0.05) is 18.2 Å². The van der Waals surface area contributed by atoms with Crippen molar-refractivity contribution in [1.82, 2.24) is 0 Å². The van der Waals surface area contributed by atoms with Crippen LogP contribution in [0.4, 0.5) is 11.4 Å². The van der Waals surface area contributed by atoms with Crippen LogP contribution < -0.4 is 9.62 Å². The van der Waals surface area contributed by atoms with E-state index in [1.54, 1.807) is 72.4 Å². The van der Waals surface area contributed by atoms with Crippen LogP contribution in [-0.4, -0.2) is 27.6 Å². The number of nitrogens with zero attached hydrogens (tertiary/aromatic N) is 1. The zero-order valence-electron chi connectivity index (χ0n) is 15.5. The van der Waals surface area contributed by atoms with Gasteiger partial charge in [0.15, 0.2) is 0 Å². The molecule has 0 radical (unpaired) electrons. The van der Waals surface area contributed by atoms with E-state index in [-0.39, 0.29) is 10.8 Å². The minimum absolute atomic E-state index is 0.221. The predicted octanol–water partition coefficient (Wildman–Crippen LogP) is 4.49. The lowest BCUT2D eigenvalue weighted by molar-refractivity contribution is 0.102. The molecular formula is C21H20N2O3S2. The van der Waals surface area contributed by atoms with E-state index in [1.807, 2.05) is 24.5 Å². The molecule has 0 bridgehead atoms. The molecule has 0 atom stereocenters. The van der Waals surface area contributed by atoms with E-state index < -0.39 is 10.0 Å². The summed E-state index contributed by atoms with van der Waals surface area (Å²) >= 11 is 1.55. The van der Waals surface area contributed by atoms with Crippen molar-refractivity contribution in [3.63, 3.8) is 0 Å². The van der Waals surface area contributed by atoms with Gasteiger partial charge in [0, 0.05) is 23.2 Å². The van der Waals surface area contributed by atoms with Crippen LogP contribution in [0.25, 0.3) is 0 Å². The third-order valence-electron chi connectivity index (χ3n) is 4.24. The van der Waals surface area contributed by atoms with Crippen LogP contribution >= 0.6 is 11.8 Å². The molecule has 0 aliphatic rings. The first kappa shape index (κ1) is 20.0. The molecule has 0 saturated carbocycles. The summed E-state index contributed by atoms with van der Waals surface area (Å²) in [5.74, 6) is -0.254. The average Bonchev–Trinajstić information content (AvgIpc) is 2.74. The fraction of sp³-hybridized carbons (Fsp3) is 0.0952. The molecule has 7 heteroatoms. The number of rotatable bonds is 6. The lowest BCUT2D eigenvalue weighted by Gasteiger charge is -2.20. The summed E-state index contributed by atoms with van der Waals surface area (Å²) in [5.41, 5.74) is 1.62. The summed E-state index contributed by atoms with van der Waals surface area (Å²) in [6.45, 7) is 0. The summed E-state index contributed by atoms with van der Waals surface area (Å²) in [7, 11) is -2.18. The van der Waals surface area contributed by atoms with Crippen molar-refractivity contribution in [2.24, 2.45) is 0 Å². The lowest BCUT2D eigenvalue weighted by atomic mass is 10.2. The summed E-state index contributed by atoms with van der Waals surface area (Å²) in [6, 6.07) is 22.4. The number of para-hydroxylation sites is 1. The van der Waals surface area contributed by atoms with E-state index in [0.717, 1.165) is 4.90 Å². The van der Waals surface area contributed by atoms with Crippen molar-refractivity contribution < 1.29 is 13.2 Å². The second-order valence-corrected chi connectivity index (χ2v) is 8.86. The average molecular weight is 413 g/mol. The number of nitrogens with one attached hydrogen (secondary N) is 1. The Morgan fingerprint density at radius 1 is 0.893 bits per heavy atom. The van der Waals surface area contributed by atoms with Crippen molar-refractivity contribution in [3.05, 3.63) is 84.4 Å². The van der Waals surface area contributed by atoms with Gasteiger partial charge >= 0.3 is 0 Å². The van der Waals surface area contributed by atoms with Crippen molar-refractivity contribution in [2.75, 3.05) is 22.9 Å². The van der Waals surface area contributed by atoms with Crippen LogP contribution in [0, 0.1) is 0 Å². The number of thioether (sulfide) groups is 1. The lowest BCUT2D eigenvalue weighted by Crippen LogP contribution is -2.26. The van der Waals surface area contributed by atoms with Gasteiger partial charge in [0.25, 0.3) is 15.9 Å². The van der Waals surface area contributed by atoms with Crippen molar-refractivity contribution in [3.8, 4) is 0 Å². The van der Waals surface area contributed by atoms with Gasteiger partial charge in [-0.25, -0.2) is 8.42 Å². The minimum atomic E-state index is -3.68. The molecule has 1 amide bonds. The van der Waals surface area contributed by atoms with E-state index >= 15 is 0 Å². The number of sulfonamides is 1. The highest BCUT2D eigenvalue weighted by Crippen LogP contribution is 2.24. The molecule has 0 unspecified atom stereocenters. The Bertz CT molecular complexity index is 1050. The zero-order chi connectivity index (χ0) is 20.1. The van der Waals surface area contributed by atoms with Crippen molar-refractivity contribution in [1.29, 1.82) is 0 Å². The molecule has 28 heavy (non-hydrogen) atoms. The van der Waals surface area contributed by atoms with Gasteiger partial charge in [-0.3, -0.25) is 9.10 Å². The Morgan fingerprint density at radius 2 is 1.50 bits per heavy atom. The smallest absolute Gasteiger partial charge is 0.264 e. The maximum Gasteiger partial charge on any atom is 0.264 e. The Labute approximate surface area is 169 Å². The maximum atomic E-state index is 12.8. The van der Waals surface area contributed by atoms with E-state index in [9.17, 15) is 13.2 Å². The molecule has 0 spiro atoms. The van der Waals surface area contributed by atoms with Crippen LogP contribution in [0.3, 0.4) is 0 Å². The molecular weight excluding hydrogens is 392 g/mol. The minimum Gasteiger partial charge on any atom is -0.322 e. The second-order valence-electron chi connectivity index (χ2n) is 6.02. The first-order chi connectivity index (χ1) is 13.4. The number of amides is 1. The summed E-state index contributed by atoms with van der Waals surface area (Å²) in [6.07, 6.45) is 1.94. The summed E-state index contributed by atoms with van der Waals surface area (Å²) < 4.78 is 26.9. The highest BCUT2D eigenvalue weighted by Gasteiger charge is 2.21. The number of carbonyl (C=O) groups excluding carboxylic acids is 1. The van der Waals surface area contributed by atoms with Crippen LogP contribution in [-0.2, 0) is 10.0 Å². The largest absolute Gasteiger partial charge is 0.322 e. The molecule has 3 aromatic carbocycles. The molecule has 5 nitrogen and oxygen atoms in total. The molecule has 1 N–H and O–H groups in total. The predicted molar refractivity (Wildman–Crippen MR) is 115 cm³/mol. The number of carbonyl (C=O) groups is 1. The second kappa shape index (κ2) is 8.50. The summed E-state index contributed by atoms with van der Waals surface area (Å²) in [4.78, 5) is 13.5. The fourth-order valence-electron chi connectivity index (χ4n) is 2.59. The van der Waals surface area contributed by atoms with Gasteiger partial charge < -0.3 is 5.32 Å². The Kier molecular flexibility index (Phi) is 6.06. The third-order valence-corrected chi connectivity index (χ3v) is 6.79. The Hall–Kier alpha value is -2.77. The third kappa shape index (κ3) is 4.37. The maximum absolute atomic E-state index is 12.8. The zero-order valence-corrected chi connectivity index (χ0v) is 17.1. The van der Waals surface area contributed by atoms with Crippen LogP contribution in [0.1, 0.15) is 10.4 Å². The number of anilines is 2. The van der Waals surface area contributed by atoms with E-state index in [2.05, 4.69) is 5.32 Å². The summed E-state index contributed by atoms with van der Waals surface area (Å²) in [5, 5.41) is 2.80. The van der Waals surface area contributed by atoms with Crippen molar-refractivity contribution >= 4 is 39.1 Å². The monoisotopic (exact) mass is 412 g/mol. The molecule has 144 valence electrons. The molecule has 0 saturated heterocycles. The normalized spacial score (nSPS) is 11.1. The number of benzene rings is 3. The number of hydrogen-bond donors (Lipinski definition) is 1. The van der Waals surface area contributed by atoms with Gasteiger partial charge in [0.1, 0.15) is 0 Å². The van der Waals surface area contributed by atoms with Gasteiger partial charge in [0.2, 0.25) is 0 Å². The molecule has 0 fully saturated rings. The van der Waals surface area contributed by atoms with Crippen LogP contribution in [0.2, 0.25) is 0 Å². The molecule has 0 heterocycles. The van der Waals surface area contributed by atoms with E-state index in [4.69, 9.17) is 0 Å². The quantitative estimate of drug-likeness (QED) is 0.606. The number of hydrogen-bond acceptors (Lipinski definition) is 4. The molecule has 3 rings (SSSR count). The highest BCUT2D eigenvalue weighted by molar-refractivity contribution is 7.98. The van der Waals surface area contributed by atoms with Crippen molar-refractivity contribution in [2.45, 2.75) is 9.79 Å². The fourth-order valence-corrected chi connectivity index (χ4v) is 4.20. The SMILES string of the molecule is CSc1ccc(S(=O)(=O)N(C)c2ccc(C(=O)Nc3ccccc3)cc2)cc1. The van der Waals surface area contributed by atoms with E-state index in [0.29, 0.717) is 16.9 Å². The van der Waals surface area contributed by atoms with Crippen LogP contribution in [0.15, 0.2) is 88.7 Å². The topological polar surface area (TPSA) is 66.5 Å². The Morgan fingerprint density at radius 3 is 2.07 bits per heavy atom. The van der Waals surface area contributed by atoms with Crippen LogP contribution in [0.5, 0.6) is 0 Å². The van der Waals surface area contributed by atoms with Gasteiger partial charge in [0.05, 0.1) is 10.6 Å². The van der Waals surface area contributed by atoms with E-state index in [1.165, 1.54) is 11.4 Å². The first-order valence-corrected chi connectivity index (χ1v) is 11.2. The van der Waals surface area contributed by atoms with Gasteiger partial charge in [-0.15, -0.1) is 11.8 Å². The first-order valence-electron chi connectivity index (χ1n) is 8.51. The molecule has 0 aromatic heterocycles.